The van der Waals surface area contributed by atoms with Gasteiger partial charge in [-0.2, -0.15) is 0 Å². The molecule has 4 aromatic carbocycles. The van der Waals surface area contributed by atoms with E-state index in [1.807, 2.05) is 44.2 Å². The highest BCUT2D eigenvalue weighted by molar-refractivity contribution is 7.92. The predicted molar refractivity (Wildman–Crippen MR) is 173 cm³/mol. The number of anilines is 1. The number of nitrogens with zero attached hydrogens (tertiary/aromatic N) is 2. The summed E-state index contributed by atoms with van der Waals surface area (Å²) in [4.78, 5) is 29.7. The lowest BCUT2D eigenvalue weighted by molar-refractivity contribution is -0.140. The minimum atomic E-state index is -4.21. The third kappa shape index (κ3) is 8.69. The maximum atomic E-state index is 14.4. The molecule has 2 atom stereocenters. The highest BCUT2D eigenvalue weighted by atomic mass is 32.2. The lowest BCUT2D eigenvalue weighted by atomic mass is 10.0. The summed E-state index contributed by atoms with van der Waals surface area (Å²) in [6.45, 7) is 3.18. The molecule has 4 aromatic rings. The zero-order chi connectivity index (χ0) is 32.4. The summed E-state index contributed by atoms with van der Waals surface area (Å²) in [5, 5.41) is 3.00. The average Bonchev–Trinajstić information content (AvgIpc) is 3.06. The smallest absolute Gasteiger partial charge is 0.264 e. The molecule has 0 spiro atoms. The summed E-state index contributed by atoms with van der Waals surface area (Å²) >= 11 is 0. The molecule has 10 heteroatoms. The van der Waals surface area contributed by atoms with Gasteiger partial charge >= 0.3 is 0 Å². The Labute approximate surface area is 264 Å². The van der Waals surface area contributed by atoms with E-state index in [4.69, 9.17) is 4.74 Å². The molecule has 0 bridgehead atoms. The Morgan fingerprint density at radius 3 is 2.02 bits per heavy atom. The Morgan fingerprint density at radius 2 is 1.44 bits per heavy atom. The molecule has 0 aliphatic heterocycles. The molecule has 0 heterocycles. The van der Waals surface area contributed by atoms with Crippen LogP contribution in [0.3, 0.4) is 0 Å². The Bertz CT molecular complexity index is 1650. The van der Waals surface area contributed by atoms with Crippen LogP contribution in [-0.2, 0) is 32.6 Å². The molecule has 236 valence electrons. The topological polar surface area (TPSA) is 96.0 Å². The molecule has 0 fully saturated rings. The number of amides is 2. The zero-order valence-electron chi connectivity index (χ0n) is 25.6. The largest absolute Gasteiger partial charge is 0.497 e. The van der Waals surface area contributed by atoms with Gasteiger partial charge in [-0.3, -0.25) is 13.9 Å². The van der Waals surface area contributed by atoms with Crippen LogP contribution in [0.5, 0.6) is 5.75 Å². The molecular weight excluding hydrogens is 593 g/mol. The first kappa shape index (κ1) is 33.2. The van der Waals surface area contributed by atoms with Crippen molar-refractivity contribution in [1.29, 1.82) is 0 Å². The Morgan fingerprint density at radius 1 is 0.844 bits per heavy atom. The summed E-state index contributed by atoms with van der Waals surface area (Å²) in [7, 11) is -2.71. The first-order valence-electron chi connectivity index (χ1n) is 14.7. The van der Waals surface area contributed by atoms with Gasteiger partial charge < -0.3 is 15.0 Å². The van der Waals surface area contributed by atoms with Crippen LogP contribution >= 0.6 is 0 Å². The molecule has 0 aliphatic rings. The fraction of sp³-hybridized carbons (Fsp3) is 0.257. The number of rotatable bonds is 14. The van der Waals surface area contributed by atoms with Crippen molar-refractivity contribution in [1.82, 2.24) is 10.2 Å². The van der Waals surface area contributed by atoms with Gasteiger partial charge in [-0.05, 0) is 73.0 Å². The van der Waals surface area contributed by atoms with Crippen molar-refractivity contribution in [2.45, 2.75) is 50.2 Å². The molecule has 0 saturated heterocycles. The molecule has 4 rings (SSSR count). The van der Waals surface area contributed by atoms with E-state index in [0.29, 0.717) is 17.7 Å². The lowest BCUT2D eigenvalue weighted by Gasteiger charge is -2.34. The van der Waals surface area contributed by atoms with E-state index in [0.717, 1.165) is 9.87 Å². The Kier molecular flexibility index (Phi) is 11.3. The molecular formula is C35H38FN3O5S. The van der Waals surface area contributed by atoms with Crippen LogP contribution in [0.25, 0.3) is 0 Å². The van der Waals surface area contributed by atoms with Gasteiger partial charge in [0.1, 0.15) is 24.2 Å². The third-order valence-corrected chi connectivity index (χ3v) is 9.30. The molecule has 0 saturated carbocycles. The number of carbonyl (C=O) groups excluding carboxylic acids is 2. The fourth-order valence-corrected chi connectivity index (χ4v) is 6.21. The van der Waals surface area contributed by atoms with Crippen LogP contribution in [0.1, 0.15) is 31.4 Å². The summed E-state index contributed by atoms with van der Waals surface area (Å²) in [5.41, 5.74) is 1.65. The highest BCUT2D eigenvalue weighted by Gasteiger charge is 2.35. The number of halogens is 1. The molecule has 8 nitrogen and oxygen atoms in total. The van der Waals surface area contributed by atoms with Crippen LogP contribution in [-0.4, -0.2) is 50.9 Å². The molecule has 0 aromatic heterocycles. The molecule has 0 aliphatic carbocycles. The maximum Gasteiger partial charge on any atom is 0.264 e. The van der Waals surface area contributed by atoms with Crippen molar-refractivity contribution in [3.8, 4) is 5.75 Å². The van der Waals surface area contributed by atoms with Crippen LogP contribution in [0.2, 0.25) is 0 Å². The van der Waals surface area contributed by atoms with E-state index in [1.54, 1.807) is 54.6 Å². The first-order chi connectivity index (χ1) is 21.6. The average molecular weight is 632 g/mol. The molecule has 45 heavy (non-hydrogen) atoms. The normalized spacial score (nSPS) is 12.5. The number of methoxy groups -OCH3 is 1. The van der Waals surface area contributed by atoms with Crippen molar-refractivity contribution >= 4 is 27.5 Å². The van der Waals surface area contributed by atoms with Crippen molar-refractivity contribution < 1.29 is 27.1 Å². The summed E-state index contributed by atoms with van der Waals surface area (Å²) < 4.78 is 48.2. The van der Waals surface area contributed by atoms with Gasteiger partial charge in [-0.15, -0.1) is 0 Å². The Balaban J connectivity index is 1.79. The molecule has 1 N–H and O–H groups in total. The van der Waals surface area contributed by atoms with E-state index in [1.165, 1.54) is 36.3 Å². The maximum absolute atomic E-state index is 14.4. The summed E-state index contributed by atoms with van der Waals surface area (Å²) in [6.07, 6.45) is 0.861. The second-order valence-electron chi connectivity index (χ2n) is 10.7. The highest BCUT2D eigenvalue weighted by Crippen LogP contribution is 2.27. The minimum absolute atomic E-state index is 0.00838. The number of nitrogens with one attached hydrogen (secondary N) is 1. The van der Waals surface area contributed by atoms with Crippen LogP contribution in [0.15, 0.2) is 114 Å². The van der Waals surface area contributed by atoms with Crippen LogP contribution in [0, 0.1) is 5.82 Å². The van der Waals surface area contributed by atoms with Crippen LogP contribution in [0.4, 0.5) is 10.1 Å². The van der Waals surface area contributed by atoms with Gasteiger partial charge in [0.05, 0.1) is 17.7 Å². The van der Waals surface area contributed by atoms with E-state index in [-0.39, 0.29) is 35.5 Å². The standard InChI is InChI=1S/C35H38FN3O5S/c1-4-26(2)37-35(41)33(23-27-11-7-5-8-12-27)38(24-28-15-17-29(36)18-16-28)34(40)25-39(30-19-21-31(44-3)22-20-30)45(42,43)32-13-9-6-10-14-32/h5-22,26,33H,4,23-25H2,1-3H3,(H,37,41). The molecule has 0 radical (unpaired) electrons. The number of benzene rings is 4. The van der Waals surface area contributed by atoms with Gasteiger partial charge in [0.15, 0.2) is 0 Å². The van der Waals surface area contributed by atoms with E-state index in [9.17, 15) is 22.4 Å². The number of hydrogen-bond donors (Lipinski definition) is 1. The van der Waals surface area contributed by atoms with Gasteiger partial charge in [0, 0.05) is 19.0 Å². The Hall–Kier alpha value is -4.70. The van der Waals surface area contributed by atoms with Crippen LogP contribution < -0.4 is 14.4 Å². The molecule has 2 amide bonds. The quantitative estimate of drug-likeness (QED) is 0.196. The second kappa shape index (κ2) is 15.3. The summed E-state index contributed by atoms with van der Waals surface area (Å²) in [5.74, 6) is -0.892. The number of hydrogen-bond acceptors (Lipinski definition) is 5. The zero-order valence-corrected chi connectivity index (χ0v) is 26.4. The second-order valence-corrected chi connectivity index (χ2v) is 12.6. The SMILES string of the molecule is CCC(C)NC(=O)C(Cc1ccccc1)N(Cc1ccc(F)cc1)C(=O)CN(c1ccc(OC)cc1)S(=O)(=O)c1ccccc1. The van der Waals surface area contributed by atoms with Gasteiger partial charge in [-0.1, -0.05) is 67.6 Å². The number of ether oxygens (including phenoxy) is 1. The van der Waals surface area contributed by atoms with Crippen molar-refractivity contribution in [3.63, 3.8) is 0 Å². The molecule has 2 unspecified atom stereocenters. The van der Waals surface area contributed by atoms with Gasteiger partial charge in [-0.25, -0.2) is 12.8 Å². The lowest BCUT2D eigenvalue weighted by Crippen LogP contribution is -2.54. The summed E-state index contributed by atoms with van der Waals surface area (Å²) in [6, 6.07) is 28.0. The van der Waals surface area contributed by atoms with Gasteiger partial charge in [0.2, 0.25) is 11.8 Å². The first-order valence-corrected chi connectivity index (χ1v) is 16.2. The monoisotopic (exact) mass is 631 g/mol. The third-order valence-electron chi connectivity index (χ3n) is 7.51. The fourth-order valence-electron chi connectivity index (χ4n) is 4.78. The minimum Gasteiger partial charge on any atom is -0.497 e. The van der Waals surface area contributed by atoms with Crippen molar-refractivity contribution in [3.05, 3.63) is 126 Å². The van der Waals surface area contributed by atoms with Crippen molar-refractivity contribution in [2.75, 3.05) is 18.0 Å². The number of carbonyl (C=O) groups is 2. The van der Waals surface area contributed by atoms with Gasteiger partial charge in [0.25, 0.3) is 10.0 Å². The van der Waals surface area contributed by atoms with E-state index >= 15 is 0 Å². The number of sulfonamides is 1. The van der Waals surface area contributed by atoms with Crippen molar-refractivity contribution in [2.24, 2.45) is 0 Å². The predicted octanol–water partition coefficient (Wildman–Crippen LogP) is 5.58. The van der Waals surface area contributed by atoms with E-state index < -0.39 is 34.3 Å². The van der Waals surface area contributed by atoms with E-state index in [2.05, 4.69) is 5.32 Å².